The highest BCUT2D eigenvalue weighted by atomic mass is 32.2. The highest BCUT2D eigenvalue weighted by Gasteiger charge is 2.13. The van der Waals surface area contributed by atoms with Crippen molar-refractivity contribution in [2.24, 2.45) is 0 Å². The van der Waals surface area contributed by atoms with Crippen LogP contribution in [0, 0.1) is 17.1 Å². The van der Waals surface area contributed by atoms with Gasteiger partial charge in [-0.1, -0.05) is 36.0 Å². The number of halogens is 1. The van der Waals surface area contributed by atoms with Crippen molar-refractivity contribution in [3.8, 4) is 17.3 Å². The van der Waals surface area contributed by atoms with E-state index in [1.165, 1.54) is 23.9 Å². The van der Waals surface area contributed by atoms with Gasteiger partial charge in [0.15, 0.2) is 0 Å². The van der Waals surface area contributed by atoms with Crippen LogP contribution in [-0.2, 0) is 0 Å². The molecule has 22 heavy (non-hydrogen) atoms. The summed E-state index contributed by atoms with van der Waals surface area (Å²) < 4.78 is 13.1. The van der Waals surface area contributed by atoms with Crippen LogP contribution in [0.1, 0.15) is 6.92 Å². The van der Waals surface area contributed by atoms with Crippen LogP contribution in [0.4, 0.5) is 4.39 Å². The monoisotopic (exact) mass is 309 g/mol. The second-order valence-electron chi connectivity index (χ2n) is 4.80. The van der Waals surface area contributed by atoms with Gasteiger partial charge in [-0.2, -0.15) is 5.26 Å². The van der Waals surface area contributed by atoms with Crippen LogP contribution in [0.5, 0.6) is 0 Å². The molecule has 0 radical (unpaired) electrons. The largest absolute Gasteiger partial charge is 0.207 e. The van der Waals surface area contributed by atoms with E-state index in [4.69, 9.17) is 5.26 Å². The Hall–Kier alpha value is -2.45. The first kappa shape index (κ1) is 14.5. The lowest BCUT2D eigenvalue weighted by atomic mass is 10.1. The molecule has 0 aliphatic heterocycles. The lowest BCUT2D eigenvalue weighted by Gasteiger charge is -2.09. The van der Waals surface area contributed by atoms with E-state index >= 15 is 0 Å². The predicted molar refractivity (Wildman–Crippen MR) is 85.9 cm³/mol. The molecule has 1 heterocycles. The second-order valence-corrected chi connectivity index (χ2v) is 6.12. The quantitative estimate of drug-likeness (QED) is 0.671. The van der Waals surface area contributed by atoms with Crippen molar-refractivity contribution in [2.75, 3.05) is 0 Å². The van der Waals surface area contributed by atoms with E-state index in [0.717, 1.165) is 21.4 Å². The Morgan fingerprint density at radius 1 is 1.05 bits per heavy atom. The van der Waals surface area contributed by atoms with E-state index in [1.807, 2.05) is 31.2 Å². The number of nitrogens with zero attached hydrogens (tertiary/aromatic N) is 3. The molecule has 0 fully saturated rings. The Morgan fingerprint density at radius 2 is 1.73 bits per heavy atom. The maximum Gasteiger partial charge on any atom is 0.128 e. The topological polar surface area (TPSA) is 49.6 Å². The molecule has 0 saturated heterocycles. The van der Waals surface area contributed by atoms with Gasteiger partial charge >= 0.3 is 0 Å². The number of hydrogen-bond acceptors (Lipinski definition) is 4. The van der Waals surface area contributed by atoms with Crippen LogP contribution in [0.25, 0.3) is 22.0 Å². The number of aromatic nitrogens is 2. The van der Waals surface area contributed by atoms with Gasteiger partial charge in [-0.15, -0.1) is 10.2 Å². The van der Waals surface area contributed by atoms with Gasteiger partial charge in [-0.25, -0.2) is 4.39 Å². The van der Waals surface area contributed by atoms with Crippen molar-refractivity contribution in [1.29, 1.82) is 5.26 Å². The van der Waals surface area contributed by atoms with Crippen molar-refractivity contribution in [3.05, 3.63) is 54.3 Å². The molecule has 1 atom stereocenters. The summed E-state index contributed by atoms with van der Waals surface area (Å²) in [5.41, 5.74) is 1.53. The summed E-state index contributed by atoms with van der Waals surface area (Å²) in [6.07, 6.45) is 0. The van der Waals surface area contributed by atoms with E-state index < -0.39 is 0 Å². The first-order valence-corrected chi connectivity index (χ1v) is 7.64. The summed E-state index contributed by atoms with van der Waals surface area (Å²) in [4.78, 5) is 0. The van der Waals surface area contributed by atoms with Crippen molar-refractivity contribution < 1.29 is 4.39 Å². The van der Waals surface area contributed by atoms with E-state index in [0.29, 0.717) is 5.69 Å². The number of rotatable bonds is 3. The third-order valence-electron chi connectivity index (χ3n) is 3.24. The Kier molecular flexibility index (Phi) is 4.03. The van der Waals surface area contributed by atoms with Crippen molar-refractivity contribution in [3.63, 3.8) is 0 Å². The van der Waals surface area contributed by atoms with E-state index in [1.54, 1.807) is 12.1 Å². The maximum absolute atomic E-state index is 13.1. The van der Waals surface area contributed by atoms with Gasteiger partial charge in [0.2, 0.25) is 0 Å². The van der Waals surface area contributed by atoms with Crippen LogP contribution in [0.15, 0.2) is 53.6 Å². The number of thioether (sulfide) groups is 1. The molecule has 1 aromatic heterocycles. The minimum Gasteiger partial charge on any atom is -0.207 e. The lowest BCUT2D eigenvalue weighted by molar-refractivity contribution is 0.628. The third kappa shape index (κ3) is 2.78. The van der Waals surface area contributed by atoms with Crippen molar-refractivity contribution >= 4 is 22.5 Å². The summed E-state index contributed by atoms with van der Waals surface area (Å²) in [6, 6.07) is 16.2. The van der Waals surface area contributed by atoms with E-state index in [-0.39, 0.29) is 11.1 Å². The van der Waals surface area contributed by atoms with Crippen LogP contribution in [-0.4, -0.2) is 15.4 Å². The molecular weight excluding hydrogens is 297 g/mol. The van der Waals surface area contributed by atoms with Crippen LogP contribution in [0.2, 0.25) is 0 Å². The fraction of sp³-hybridized carbons (Fsp3) is 0.118. The molecule has 0 N–H and O–H groups in total. The highest BCUT2D eigenvalue weighted by Crippen LogP contribution is 2.33. The Balaban J connectivity index is 2.16. The molecule has 0 amide bonds. The summed E-state index contributed by atoms with van der Waals surface area (Å²) in [5.74, 6) is -0.281. The molecule has 1 unspecified atom stereocenters. The average Bonchev–Trinajstić information content (AvgIpc) is 2.56. The highest BCUT2D eigenvalue weighted by molar-refractivity contribution is 8.00. The van der Waals surface area contributed by atoms with Gasteiger partial charge in [0.25, 0.3) is 0 Å². The molecule has 0 spiro atoms. The predicted octanol–water partition coefficient (Wildman–Crippen LogP) is 4.44. The second kappa shape index (κ2) is 6.12. The molecule has 108 valence electrons. The van der Waals surface area contributed by atoms with Crippen molar-refractivity contribution in [1.82, 2.24) is 10.2 Å². The minimum absolute atomic E-state index is 0.200. The molecule has 3 aromatic rings. The lowest BCUT2D eigenvalue weighted by Crippen LogP contribution is -1.97. The summed E-state index contributed by atoms with van der Waals surface area (Å²) >= 11 is 1.38. The van der Waals surface area contributed by atoms with E-state index in [2.05, 4.69) is 16.3 Å². The van der Waals surface area contributed by atoms with Crippen LogP contribution >= 0.6 is 11.8 Å². The molecule has 5 heteroatoms. The van der Waals surface area contributed by atoms with Crippen LogP contribution < -0.4 is 0 Å². The zero-order chi connectivity index (χ0) is 15.5. The standard InChI is InChI=1S/C17H12FN3S/c1-11(10-19)22-17-15-5-3-2-4-14(15)16(20-21-17)12-6-8-13(18)9-7-12/h2-9,11H,1H3. The molecular formula is C17H12FN3S. The fourth-order valence-electron chi connectivity index (χ4n) is 2.18. The molecule has 3 nitrogen and oxygen atoms in total. The van der Waals surface area contributed by atoms with Gasteiger partial charge in [-0.05, 0) is 31.2 Å². The van der Waals surface area contributed by atoms with Gasteiger partial charge in [0.1, 0.15) is 16.5 Å². The SMILES string of the molecule is CC(C#N)Sc1nnc(-c2ccc(F)cc2)c2ccccc12. The average molecular weight is 309 g/mol. The maximum atomic E-state index is 13.1. The van der Waals surface area contributed by atoms with Gasteiger partial charge in [0, 0.05) is 16.3 Å². The molecule has 2 aromatic carbocycles. The molecule has 3 rings (SSSR count). The number of nitriles is 1. The molecule has 0 aliphatic rings. The normalized spacial score (nSPS) is 12.0. The van der Waals surface area contributed by atoms with E-state index in [9.17, 15) is 4.39 Å². The van der Waals surface area contributed by atoms with Gasteiger partial charge < -0.3 is 0 Å². The summed E-state index contributed by atoms with van der Waals surface area (Å²) in [5, 5.41) is 19.9. The smallest absolute Gasteiger partial charge is 0.128 e. The number of hydrogen-bond donors (Lipinski definition) is 0. The first-order valence-electron chi connectivity index (χ1n) is 6.76. The zero-order valence-corrected chi connectivity index (χ0v) is 12.6. The zero-order valence-electron chi connectivity index (χ0n) is 11.8. The number of benzene rings is 2. The van der Waals surface area contributed by atoms with Crippen molar-refractivity contribution in [2.45, 2.75) is 17.2 Å². The Bertz CT molecular complexity index is 856. The molecule has 0 saturated carbocycles. The first-order chi connectivity index (χ1) is 10.7. The van der Waals surface area contributed by atoms with Gasteiger partial charge in [-0.3, -0.25) is 0 Å². The fourth-order valence-corrected chi connectivity index (χ4v) is 2.96. The Morgan fingerprint density at radius 3 is 2.41 bits per heavy atom. The Labute approximate surface area is 131 Å². The summed E-state index contributed by atoms with van der Waals surface area (Å²) in [7, 11) is 0. The molecule has 0 aliphatic carbocycles. The summed E-state index contributed by atoms with van der Waals surface area (Å²) in [6.45, 7) is 1.83. The molecule has 0 bridgehead atoms. The third-order valence-corrected chi connectivity index (χ3v) is 4.23. The number of fused-ring (bicyclic) bond motifs is 1. The van der Waals surface area contributed by atoms with Gasteiger partial charge in [0.05, 0.1) is 11.3 Å². The minimum atomic E-state index is -0.281. The van der Waals surface area contributed by atoms with Crippen LogP contribution in [0.3, 0.4) is 0 Å².